The van der Waals surface area contributed by atoms with Crippen molar-refractivity contribution in [1.29, 1.82) is 5.41 Å². The van der Waals surface area contributed by atoms with E-state index in [4.69, 9.17) is 15.9 Å². The fourth-order valence-electron chi connectivity index (χ4n) is 2.49. The molecule has 6 nitrogen and oxygen atoms in total. The third kappa shape index (κ3) is 2.55. The molecule has 0 saturated carbocycles. The minimum atomic E-state index is -0.104. The number of fused-ring (bicyclic) bond motifs is 1. The lowest BCUT2D eigenvalue weighted by Crippen LogP contribution is -2.11. The lowest BCUT2D eigenvalue weighted by molar-refractivity contribution is 0.101. The average molecular weight is 308 g/mol. The molecule has 116 valence electrons. The second kappa shape index (κ2) is 5.57. The predicted molar refractivity (Wildman–Crippen MR) is 88.6 cm³/mol. The number of methoxy groups -OCH3 is 1. The van der Waals surface area contributed by atoms with E-state index in [-0.39, 0.29) is 11.6 Å². The molecule has 0 bridgehead atoms. The van der Waals surface area contributed by atoms with Crippen molar-refractivity contribution < 1.29 is 9.53 Å². The number of carbonyl (C=O) groups excluding carboxylic acids is 1. The van der Waals surface area contributed by atoms with Crippen LogP contribution in [0.2, 0.25) is 0 Å². The number of aromatic nitrogens is 2. The summed E-state index contributed by atoms with van der Waals surface area (Å²) in [6, 6.07) is 11.0. The van der Waals surface area contributed by atoms with E-state index in [2.05, 4.69) is 5.10 Å². The summed E-state index contributed by atoms with van der Waals surface area (Å²) >= 11 is 0. The predicted octanol–water partition coefficient (Wildman–Crippen LogP) is 2.52. The topological polar surface area (TPSA) is 94.0 Å². The SMILES string of the molecule is COc1ccc2ccc(C(=N)N)cc2c1-n1ccc(C(C)=O)n1. The molecule has 0 aliphatic carbocycles. The van der Waals surface area contributed by atoms with E-state index in [9.17, 15) is 4.79 Å². The number of nitrogens with one attached hydrogen (secondary N) is 1. The Morgan fingerprint density at radius 1 is 1.26 bits per heavy atom. The number of amidine groups is 1. The Hall–Kier alpha value is -3.15. The lowest BCUT2D eigenvalue weighted by atomic mass is 10.0. The van der Waals surface area contributed by atoms with Gasteiger partial charge in [-0.15, -0.1) is 0 Å². The first-order valence-electron chi connectivity index (χ1n) is 7.03. The quantitative estimate of drug-likeness (QED) is 0.440. The molecule has 3 aromatic rings. The smallest absolute Gasteiger partial charge is 0.179 e. The Morgan fingerprint density at radius 3 is 2.61 bits per heavy atom. The van der Waals surface area contributed by atoms with Crippen molar-refractivity contribution in [2.75, 3.05) is 7.11 Å². The van der Waals surface area contributed by atoms with E-state index >= 15 is 0 Å². The molecule has 0 amide bonds. The minimum absolute atomic E-state index is 0.00874. The van der Waals surface area contributed by atoms with Gasteiger partial charge in [0.1, 0.15) is 23.0 Å². The Balaban J connectivity index is 2.32. The van der Waals surface area contributed by atoms with Crippen molar-refractivity contribution in [2.24, 2.45) is 5.73 Å². The van der Waals surface area contributed by atoms with Gasteiger partial charge in [-0.05, 0) is 23.6 Å². The highest BCUT2D eigenvalue weighted by atomic mass is 16.5. The van der Waals surface area contributed by atoms with Gasteiger partial charge < -0.3 is 10.5 Å². The molecule has 0 spiro atoms. The maximum Gasteiger partial charge on any atom is 0.179 e. The number of benzene rings is 2. The van der Waals surface area contributed by atoms with Crippen LogP contribution in [0.1, 0.15) is 23.0 Å². The summed E-state index contributed by atoms with van der Waals surface area (Å²) in [4.78, 5) is 11.5. The van der Waals surface area contributed by atoms with E-state index in [0.29, 0.717) is 22.7 Å². The van der Waals surface area contributed by atoms with Crippen LogP contribution in [0.3, 0.4) is 0 Å². The van der Waals surface area contributed by atoms with Gasteiger partial charge in [0.2, 0.25) is 0 Å². The highest BCUT2D eigenvalue weighted by Crippen LogP contribution is 2.32. The summed E-state index contributed by atoms with van der Waals surface area (Å²) in [5.41, 5.74) is 7.30. The number of Topliss-reactive ketones (excluding diaryl/α,β-unsaturated/α-hetero) is 1. The van der Waals surface area contributed by atoms with Gasteiger partial charge in [0.05, 0.1) is 7.11 Å². The highest BCUT2D eigenvalue weighted by molar-refractivity contribution is 6.02. The van der Waals surface area contributed by atoms with Gasteiger partial charge in [0.25, 0.3) is 0 Å². The number of ketones is 1. The van der Waals surface area contributed by atoms with Crippen molar-refractivity contribution >= 4 is 22.4 Å². The van der Waals surface area contributed by atoms with Crippen molar-refractivity contribution in [1.82, 2.24) is 9.78 Å². The van der Waals surface area contributed by atoms with E-state index < -0.39 is 0 Å². The first-order chi connectivity index (χ1) is 11.0. The molecular weight excluding hydrogens is 292 g/mol. The molecule has 0 atom stereocenters. The van der Waals surface area contributed by atoms with Crippen LogP contribution in [-0.2, 0) is 0 Å². The average Bonchev–Trinajstić information content (AvgIpc) is 3.02. The van der Waals surface area contributed by atoms with Crippen molar-refractivity contribution in [3.05, 3.63) is 53.9 Å². The van der Waals surface area contributed by atoms with Crippen LogP contribution in [0.15, 0.2) is 42.6 Å². The number of nitrogens with two attached hydrogens (primary N) is 1. The zero-order valence-corrected chi connectivity index (χ0v) is 12.8. The zero-order chi connectivity index (χ0) is 16.6. The summed E-state index contributed by atoms with van der Waals surface area (Å²) < 4.78 is 7.06. The largest absolute Gasteiger partial charge is 0.494 e. The Morgan fingerprint density at radius 2 is 2.00 bits per heavy atom. The minimum Gasteiger partial charge on any atom is -0.494 e. The molecule has 0 unspecified atom stereocenters. The van der Waals surface area contributed by atoms with Crippen LogP contribution in [0.4, 0.5) is 0 Å². The standard InChI is InChI=1S/C17H16N4O2/c1-10(22)14-7-8-21(20-14)16-13-9-12(17(18)19)4-3-11(13)5-6-15(16)23-2/h3-9H,1-2H3,(H3,18,19). The van der Waals surface area contributed by atoms with Crippen LogP contribution >= 0.6 is 0 Å². The number of carbonyl (C=O) groups is 1. The van der Waals surface area contributed by atoms with Crippen LogP contribution in [-0.4, -0.2) is 28.5 Å². The number of nitrogen functional groups attached to an aromatic ring is 1. The van der Waals surface area contributed by atoms with Crippen LogP contribution < -0.4 is 10.5 Å². The summed E-state index contributed by atoms with van der Waals surface area (Å²) in [5.74, 6) is 0.509. The van der Waals surface area contributed by atoms with Crippen LogP contribution in [0.5, 0.6) is 5.75 Å². The van der Waals surface area contributed by atoms with Crippen LogP contribution in [0, 0.1) is 5.41 Å². The van der Waals surface area contributed by atoms with Gasteiger partial charge in [-0.25, -0.2) is 4.68 Å². The molecule has 0 saturated heterocycles. The number of rotatable bonds is 4. The van der Waals surface area contributed by atoms with Gasteiger partial charge >= 0.3 is 0 Å². The molecule has 1 aromatic heterocycles. The van der Waals surface area contributed by atoms with Gasteiger partial charge in [-0.1, -0.05) is 18.2 Å². The molecule has 6 heteroatoms. The van der Waals surface area contributed by atoms with E-state index in [1.165, 1.54) is 6.92 Å². The number of hydrogen-bond acceptors (Lipinski definition) is 4. The fourth-order valence-corrected chi connectivity index (χ4v) is 2.49. The van der Waals surface area contributed by atoms with Crippen molar-refractivity contribution in [2.45, 2.75) is 6.92 Å². The second-order valence-electron chi connectivity index (χ2n) is 5.17. The molecule has 3 rings (SSSR count). The molecule has 0 aliphatic heterocycles. The van der Waals surface area contributed by atoms with E-state index in [1.54, 1.807) is 30.1 Å². The van der Waals surface area contributed by atoms with Gasteiger partial charge in [-0.2, -0.15) is 5.10 Å². The monoisotopic (exact) mass is 308 g/mol. The fraction of sp³-hybridized carbons (Fsp3) is 0.118. The van der Waals surface area contributed by atoms with Crippen molar-refractivity contribution in [3.63, 3.8) is 0 Å². The molecule has 23 heavy (non-hydrogen) atoms. The molecule has 0 fully saturated rings. The Kier molecular flexibility index (Phi) is 3.57. The number of hydrogen-bond donors (Lipinski definition) is 2. The molecule has 1 heterocycles. The molecular formula is C17H16N4O2. The second-order valence-corrected chi connectivity index (χ2v) is 5.17. The molecule has 2 aromatic carbocycles. The summed E-state index contributed by atoms with van der Waals surface area (Å²) in [7, 11) is 1.58. The highest BCUT2D eigenvalue weighted by Gasteiger charge is 2.14. The molecule has 0 aliphatic rings. The Bertz CT molecular complexity index is 927. The first-order valence-corrected chi connectivity index (χ1v) is 7.03. The maximum absolute atomic E-state index is 11.5. The van der Waals surface area contributed by atoms with Gasteiger partial charge in [-0.3, -0.25) is 10.2 Å². The molecule has 3 N–H and O–H groups in total. The van der Waals surface area contributed by atoms with Crippen LogP contribution in [0.25, 0.3) is 16.5 Å². The van der Waals surface area contributed by atoms with Gasteiger partial charge in [0, 0.05) is 24.1 Å². The van der Waals surface area contributed by atoms with E-state index in [0.717, 1.165) is 10.8 Å². The number of ether oxygens (including phenoxy) is 1. The third-order valence-electron chi connectivity index (χ3n) is 3.67. The third-order valence-corrected chi connectivity index (χ3v) is 3.67. The normalized spacial score (nSPS) is 10.7. The first kappa shape index (κ1) is 14.8. The Labute approximate surface area is 133 Å². The van der Waals surface area contributed by atoms with Gasteiger partial charge in [0.15, 0.2) is 5.78 Å². The summed E-state index contributed by atoms with van der Waals surface area (Å²) in [6.07, 6.45) is 1.72. The molecule has 0 radical (unpaired) electrons. The van der Waals surface area contributed by atoms with E-state index in [1.807, 2.05) is 24.3 Å². The number of nitrogens with zero attached hydrogens (tertiary/aromatic N) is 2. The zero-order valence-electron chi connectivity index (χ0n) is 12.8. The van der Waals surface area contributed by atoms with Crippen molar-refractivity contribution in [3.8, 4) is 11.4 Å². The maximum atomic E-state index is 11.5. The lowest BCUT2D eigenvalue weighted by Gasteiger charge is -2.13. The summed E-state index contributed by atoms with van der Waals surface area (Å²) in [6.45, 7) is 1.47. The summed E-state index contributed by atoms with van der Waals surface area (Å²) in [5, 5.41) is 13.7.